The summed E-state index contributed by atoms with van der Waals surface area (Å²) in [6, 6.07) is 5.83. The van der Waals surface area contributed by atoms with Crippen LogP contribution in [0.25, 0.3) is 6.08 Å². The predicted octanol–water partition coefficient (Wildman–Crippen LogP) is 3.63. The van der Waals surface area contributed by atoms with Crippen LogP contribution in [0, 0.1) is 0 Å². The van der Waals surface area contributed by atoms with Crippen molar-refractivity contribution in [2.24, 2.45) is 0 Å². The summed E-state index contributed by atoms with van der Waals surface area (Å²) in [6.07, 6.45) is 12.5. The number of hydrogen-bond acceptors (Lipinski definition) is 3. The molecule has 0 spiro atoms. The molecule has 2 aromatic heterocycles. The maximum absolute atomic E-state index is 12.0. The van der Waals surface area contributed by atoms with Crippen molar-refractivity contribution in [3.8, 4) is 0 Å². The first kappa shape index (κ1) is 13.7. The van der Waals surface area contributed by atoms with Crippen LogP contribution in [0.4, 0.5) is 5.82 Å². The van der Waals surface area contributed by atoms with Crippen LogP contribution in [0.3, 0.4) is 0 Å². The molecule has 5 heteroatoms. The molecule has 1 fully saturated rings. The van der Waals surface area contributed by atoms with Gasteiger partial charge in [-0.25, -0.2) is 4.68 Å². The van der Waals surface area contributed by atoms with Crippen LogP contribution in [0.15, 0.2) is 41.2 Å². The van der Waals surface area contributed by atoms with Gasteiger partial charge in [-0.05, 0) is 31.1 Å². The van der Waals surface area contributed by atoms with E-state index in [-0.39, 0.29) is 5.91 Å². The summed E-state index contributed by atoms with van der Waals surface area (Å²) in [7, 11) is 0. The van der Waals surface area contributed by atoms with Gasteiger partial charge in [0, 0.05) is 12.1 Å². The summed E-state index contributed by atoms with van der Waals surface area (Å²) in [4.78, 5) is 12.0. The molecule has 1 saturated carbocycles. The highest BCUT2D eigenvalue weighted by Crippen LogP contribution is 2.29. The fraction of sp³-hybridized carbons (Fsp3) is 0.375. The minimum atomic E-state index is -0.177. The van der Waals surface area contributed by atoms with E-state index in [2.05, 4.69) is 10.4 Å². The quantitative estimate of drug-likeness (QED) is 0.872. The number of hydrogen-bond donors (Lipinski definition) is 1. The summed E-state index contributed by atoms with van der Waals surface area (Å²) in [6.45, 7) is 0. The van der Waals surface area contributed by atoms with E-state index in [4.69, 9.17) is 4.42 Å². The summed E-state index contributed by atoms with van der Waals surface area (Å²) < 4.78 is 7.10. The smallest absolute Gasteiger partial charge is 0.249 e. The SMILES string of the molecule is O=C(/C=C/c1ccco1)Nc1ccnn1C1CCCCC1. The van der Waals surface area contributed by atoms with Crippen molar-refractivity contribution < 1.29 is 9.21 Å². The molecule has 110 valence electrons. The highest BCUT2D eigenvalue weighted by atomic mass is 16.3. The Morgan fingerprint density at radius 3 is 2.95 bits per heavy atom. The number of anilines is 1. The standard InChI is InChI=1S/C16H19N3O2/c20-16(9-8-14-7-4-12-21-14)18-15-10-11-17-19(15)13-5-2-1-3-6-13/h4,7-13H,1-3,5-6H2,(H,18,20)/b9-8+. The minimum absolute atomic E-state index is 0.177. The van der Waals surface area contributed by atoms with Gasteiger partial charge in [-0.2, -0.15) is 5.10 Å². The second-order valence-corrected chi connectivity index (χ2v) is 5.29. The number of nitrogens with zero attached hydrogens (tertiary/aromatic N) is 2. The lowest BCUT2D eigenvalue weighted by Gasteiger charge is -2.23. The van der Waals surface area contributed by atoms with Gasteiger partial charge >= 0.3 is 0 Å². The third-order valence-electron chi connectivity index (χ3n) is 3.78. The van der Waals surface area contributed by atoms with Crippen molar-refractivity contribution in [2.75, 3.05) is 5.32 Å². The molecule has 0 aliphatic heterocycles. The molecule has 21 heavy (non-hydrogen) atoms. The van der Waals surface area contributed by atoms with E-state index in [1.165, 1.54) is 25.3 Å². The second-order valence-electron chi connectivity index (χ2n) is 5.29. The molecule has 0 aromatic carbocycles. The van der Waals surface area contributed by atoms with Gasteiger partial charge in [0.25, 0.3) is 0 Å². The van der Waals surface area contributed by atoms with Crippen molar-refractivity contribution >= 4 is 17.8 Å². The number of nitrogens with one attached hydrogen (secondary N) is 1. The molecule has 2 heterocycles. The van der Waals surface area contributed by atoms with Crippen LogP contribution < -0.4 is 5.32 Å². The Kier molecular flexibility index (Phi) is 4.19. The fourth-order valence-corrected chi connectivity index (χ4v) is 2.74. The number of carbonyl (C=O) groups is 1. The Labute approximate surface area is 123 Å². The number of carbonyl (C=O) groups excluding carboxylic acids is 1. The van der Waals surface area contributed by atoms with E-state index >= 15 is 0 Å². The van der Waals surface area contributed by atoms with Gasteiger partial charge in [0.15, 0.2) is 0 Å². The van der Waals surface area contributed by atoms with Crippen LogP contribution in [-0.2, 0) is 4.79 Å². The van der Waals surface area contributed by atoms with Crippen molar-refractivity contribution in [1.29, 1.82) is 0 Å². The number of amides is 1. The molecule has 0 atom stereocenters. The Morgan fingerprint density at radius 2 is 2.19 bits per heavy atom. The van der Waals surface area contributed by atoms with Crippen molar-refractivity contribution in [3.63, 3.8) is 0 Å². The first-order valence-electron chi connectivity index (χ1n) is 7.39. The highest BCUT2D eigenvalue weighted by molar-refractivity contribution is 6.01. The van der Waals surface area contributed by atoms with Crippen LogP contribution >= 0.6 is 0 Å². The number of aromatic nitrogens is 2. The average molecular weight is 285 g/mol. The van der Waals surface area contributed by atoms with Gasteiger partial charge in [0.05, 0.1) is 18.5 Å². The van der Waals surface area contributed by atoms with Crippen molar-refractivity contribution in [1.82, 2.24) is 9.78 Å². The van der Waals surface area contributed by atoms with E-state index in [0.717, 1.165) is 18.7 Å². The molecule has 1 aliphatic carbocycles. The molecule has 3 rings (SSSR count). The molecule has 0 bridgehead atoms. The minimum Gasteiger partial charge on any atom is -0.465 e. The predicted molar refractivity (Wildman–Crippen MR) is 80.7 cm³/mol. The lowest BCUT2D eigenvalue weighted by molar-refractivity contribution is -0.111. The number of rotatable bonds is 4. The Hall–Kier alpha value is -2.30. The molecule has 0 saturated heterocycles. The largest absolute Gasteiger partial charge is 0.465 e. The highest BCUT2D eigenvalue weighted by Gasteiger charge is 2.18. The van der Waals surface area contributed by atoms with Gasteiger partial charge in [-0.15, -0.1) is 0 Å². The van der Waals surface area contributed by atoms with Crippen LogP contribution in [0.1, 0.15) is 43.9 Å². The van der Waals surface area contributed by atoms with Crippen molar-refractivity contribution in [3.05, 3.63) is 42.5 Å². The zero-order valence-electron chi connectivity index (χ0n) is 11.9. The lowest BCUT2D eigenvalue weighted by atomic mass is 9.96. The summed E-state index contributed by atoms with van der Waals surface area (Å²) in [5.74, 6) is 1.24. The van der Waals surface area contributed by atoms with E-state index < -0.39 is 0 Å². The summed E-state index contributed by atoms with van der Waals surface area (Å²) >= 11 is 0. The summed E-state index contributed by atoms with van der Waals surface area (Å²) in [5.41, 5.74) is 0. The van der Waals surface area contributed by atoms with Gasteiger partial charge < -0.3 is 9.73 Å². The zero-order valence-corrected chi connectivity index (χ0v) is 11.9. The molecule has 5 nitrogen and oxygen atoms in total. The lowest BCUT2D eigenvalue weighted by Crippen LogP contribution is -2.19. The third-order valence-corrected chi connectivity index (χ3v) is 3.78. The Balaban J connectivity index is 1.65. The molecule has 0 radical (unpaired) electrons. The number of furan rings is 1. The van der Waals surface area contributed by atoms with Gasteiger partial charge in [0.2, 0.25) is 5.91 Å². The second kappa shape index (κ2) is 6.43. The van der Waals surface area contributed by atoms with Gasteiger partial charge in [-0.1, -0.05) is 19.3 Å². The third kappa shape index (κ3) is 3.42. The molecular formula is C16H19N3O2. The first-order valence-corrected chi connectivity index (χ1v) is 7.39. The topological polar surface area (TPSA) is 60.1 Å². The monoisotopic (exact) mass is 285 g/mol. The molecule has 1 N–H and O–H groups in total. The molecule has 1 aliphatic rings. The molecule has 2 aromatic rings. The van der Waals surface area contributed by atoms with E-state index in [1.54, 1.807) is 30.7 Å². The molecular weight excluding hydrogens is 266 g/mol. The van der Waals surface area contributed by atoms with Crippen LogP contribution in [0.5, 0.6) is 0 Å². The average Bonchev–Trinajstić information content (AvgIpc) is 3.17. The fourth-order valence-electron chi connectivity index (χ4n) is 2.74. The Bertz CT molecular complexity index is 607. The van der Waals surface area contributed by atoms with E-state index in [9.17, 15) is 4.79 Å². The normalized spacial score (nSPS) is 16.4. The molecule has 0 unspecified atom stereocenters. The van der Waals surface area contributed by atoms with Gasteiger partial charge in [-0.3, -0.25) is 4.79 Å². The van der Waals surface area contributed by atoms with Gasteiger partial charge in [0.1, 0.15) is 11.6 Å². The zero-order chi connectivity index (χ0) is 14.5. The first-order chi connectivity index (χ1) is 10.3. The van der Waals surface area contributed by atoms with Crippen molar-refractivity contribution in [2.45, 2.75) is 38.1 Å². The molecule has 1 amide bonds. The van der Waals surface area contributed by atoms with E-state index in [0.29, 0.717) is 11.8 Å². The van der Waals surface area contributed by atoms with E-state index in [1.807, 2.05) is 10.7 Å². The maximum atomic E-state index is 12.0. The maximum Gasteiger partial charge on any atom is 0.249 e. The summed E-state index contributed by atoms with van der Waals surface area (Å²) in [5, 5.41) is 7.25. The van der Waals surface area contributed by atoms with Crippen LogP contribution in [-0.4, -0.2) is 15.7 Å². The van der Waals surface area contributed by atoms with Crippen LogP contribution in [0.2, 0.25) is 0 Å². The Morgan fingerprint density at radius 1 is 1.33 bits per heavy atom.